The van der Waals surface area contributed by atoms with E-state index in [4.69, 9.17) is 5.73 Å². The molecule has 0 spiro atoms. The van der Waals surface area contributed by atoms with E-state index in [1.807, 2.05) is 0 Å². The Morgan fingerprint density at radius 3 is 2.50 bits per heavy atom. The molecule has 0 saturated carbocycles. The van der Waals surface area contributed by atoms with Crippen LogP contribution >= 0.6 is 0 Å². The molecule has 0 unspecified atom stereocenters. The highest BCUT2D eigenvalue weighted by atomic mass is 14.8. The first-order chi connectivity index (χ1) is 4.81. The van der Waals surface area contributed by atoms with E-state index < -0.39 is 0 Å². The smallest absolute Gasteiger partial charge is 0.0936 e. The van der Waals surface area contributed by atoms with Crippen LogP contribution in [0.4, 0.5) is 0 Å². The molecule has 60 valence electrons. The number of rotatable bonds is 5. The number of amidine groups is 1. The maximum absolute atomic E-state index is 5.57. The molecule has 0 rings (SSSR count). The van der Waals surface area contributed by atoms with Crippen molar-refractivity contribution in [2.24, 2.45) is 10.7 Å². The standard InChI is InChI=1S/C8H18N2/c1-3-5-7-10-8(9)6-4-2/h3-7H2,1-2H3,(H2,9,10). The van der Waals surface area contributed by atoms with Crippen LogP contribution < -0.4 is 5.73 Å². The molecular weight excluding hydrogens is 124 g/mol. The SMILES string of the molecule is CCCCN=C(N)CCC. The number of aliphatic imine (C=N–C) groups is 1. The van der Waals surface area contributed by atoms with Crippen molar-refractivity contribution in [3.8, 4) is 0 Å². The molecule has 0 atom stereocenters. The second-order valence-electron chi connectivity index (χ2n) is 2.48. The molecule has 0 amide bonds. The predicted octanol–water partition coefficient (Wildman–Crippen LogP) is 1.94. The van der Waals surface area contributed by atoms with Crippen molar-refractivity contribution in [3.63, 3.8) is 0 Å². The Morgan fingerprint density at radius 2 is 2.00 bits per heavy atom. The Labute approximate surface area is 63.5 Å². The van der Waals surface area contributed by atoms with E-state index in [9.17, 15) is 0 Å². The van der Waals surface area contributed by atoms with Gasteiger partial charge in [-0.15, -0.1) is 0 Å². The van der Waals surface area contributed by atoms with E-state index in [0.29, 0.717) is 0 Å². The number of unbranched alkanes of at least 4 members (excludes halogenated alkanes) is 1. The van der Waals surface area contributed by atoms with Crippen molar-refractivity contribution in [1.82, 2.24) is 0 Å². The summed E-state index contributed by atoms with van der Waals surface area (Å²) in [4.78, 5) is 4.20. The van der Waals surface area contributed by atoms with Gasteiger partial charge in [0.05, 0.1) is 5.84 Å². The molecule has 0 aromatic rings. The van der Waals surface area contributed by atoms with Crippen LogP contribution in [0.25, 0.3) is 0 Å². The van der Waals surface area contributed by atoms with Gasteiger partial charge in [-0.05, 0) is 12.8 Å². The molecule has 10 heavy (non-hydrogen) atoms. The van der Waals surface area contributed by atoms with Gasteiger partial charge >= 0.3 is 0 Å². The summed E-state index contributed by atoms with van der Waals surface area (Å²) in [6.45, 7) is 5.18. The fourth-order valence-corrected chi connectivity index (χ4v) is 0.716. The fraction of sp³-hybridized carbons (Fsp3) is 0.875. The molecule has 0 aliphatic heterocycles. The van der Waals surface area contributed by atoms with Gasteiger partial charge in [0.2, 0.25) is 0 Å². The van der Waals surface area contributed by atoms with E-state index in [-0.39, 0.29) is 0 Å². The van der Waals surface area contributed by atoms with Gasteiger partial charge in [-0.1, -0.05) is 20.3 Å². The second-order valence-corrected chi connectivity index (χ2v) is 2.48. The zero-order chi connectivity index (χ0) is 7.82. The summed E-state index contributed by atoms with van der Waals surface area (Å²) in [5, 5.41) is 0. The van der Waals surface area contributed by atoms with Crippen LogP contribution in [0.3, 0.4) is 0 Å². The van der Waals surface area contributed by atoms with Crippen LogP contribution in [0.5, 0.6) is 0 Å². The average Bonchev–Trinajstić information content (AvgIpc) is 1.89. The van der Waals surface area contributed by atoms with Gasteiger partial charge in [-0.3, -0.25) is 4.99 Å². The molecule has 0 radical (unpaired) electrons. The normalized spacial score (nSPS) is 12.0. The van der Waals surface area contributed by atoms with Crippen LogP contribution in [0.2, 0.25) is 0 Å². The lowest BCUT2D eigenvalue weighted by atomic mass is 10.3. The first kappa shape index (κ1) is 9.47. The summed E-state index contributed by atoms with van der Waals surface area (Å²) in [5.74, 6) is 0.816. The molecular formula is C8H18N2. The zero-order valence-corrected chi connectivity index (χ0v) is 7.06. The predicted molar refractivity (Wildman–Crippen MR) is 46.3 cm³/mol. The zero-order valence-electron chi connectivity index (χ0n) is 7.06. The maximum atomic E-state index is 5.57. The van der Waals surface area contributed by atoms with E-state index in [1.54, 1.807) is 0 Å². The first-order valence-corrected chi connectivity index (χ1v) is 4.10. The largest absolute Gasteiger partial charge is 0.387 e. The third-order valence-corrected chi connectivity index (χ3v) is 1.33. The summed E-state index contributed by atoms with van der Waals surface area (Å²) in [7, 11) is 0. The quantitative estimate of drug-likeness (QED) is 0.355. The Hall–Kier alpha value is -0.530. The number of hydrogen-bond donors (Lipinski definition) is 1. The molecule has 0 aliphatic carbocycles. The Kier molecular flexibility index (Phi) is 6.24. The highest BCUT2D eigenvalue weighted by molar-refractivity contribution is 5.80. The first-order valence-electron chi connectivity index (χ1n) is 4.10. The van der Waals surface area contributed by atoms with Gasteiger partial charge in [0.25, 0.3) is 0 Å². The Bertz CT molecular complexity index is 97.4. The average molecular weight is 142 g/mol. The highest BCUT2D eigenvalue weighted by Crippen LogP contribution is 1.90. The number of hydrogen-bond acceptors (Lipinski definition) is 1. The van der Waals surface area contributed by atoms with Gasteiger partial charge < -0.3 is 5.73 Å². The summed E-state index contributed by atoms with van der Waals surface area (Å²) < 4.78 is 0. The minimum Gasteiger partial charge on any atom is -0.387 e. The summed E-state index contributed by atoms with van der Waals surface area (Å²) in [6.07, 6.45) is 4.40. The summed E-state index contributed by atoms with van der Waals surface area (Å²) in [5.41, 5.74) is 5.57. The van der Waals surface area contributed by atoms with Crippen molar-refractivity contribution in [2.75, 3.05) is 6.54 Å². The van der Waals surface area contributed by atoms with Crippen LogP contribution in [0, 0.1) is 0 Å². The lowest BCUT2D eigenvalue weighted by molar-refractivity contribution is 0.802. The van der Waals surface area contributed by atoms with Crippen molar-refractivity contribution < 1.29 is 0 Å². The number of nitrogens with zero attached hydrogens (tertiary/aromatic N) is 1. The molecule has 2 heteroatoms. The summed E-state index contributed by atoms with van der Waals surface area (Å²) >= 11 is 0. The highest BCUT2D eigenvalue weighted by Gasteiger charge is 1.87. The molecule has 0 aromatic heterocycles. The Morgan fingerprint density at radius 1 is 1.30 bits per heavy atom. The van der Waals surface area contributed by atoms with E-state index in [0.717, 1.165) is 31.6 Å². The Balaban J connectivity index is 3.28. The molecule has 0 aromatic carbocycles. The van der Waals surface area contributed by atoms with Crippen molar-refractivity contribution in [2.45, 2.75) is 39.5 Å². The van der Waals surface area contributed by atoms with Gasteiger partial charge in [0.15, 0.2) is 0 Å². The molecule has 0 bridgehead atoms. The topological polar surface area (TPSA) is 38.4 Å². The van der Waals surface area contributed by atoms with E-state index >= 15 is 0 Å². The van der Waals surface area contributed by atoms with Crippen LogP contribution in [0.1, 0.15) is 39.5 Å². The van der Waals surface area contributed by atoms with Crippen molar-refractivity contribution >= 4 is 5.84 Å². The van der Waals surface area contributed by atoms with E-state index in [2.05, 4.69) is 18.8 Å². The third-order valence-electron chi connectivity index (χ3n) is 1.33. The summed E-state index contributed by atoms with van der Waals surface area (Å²) in [6, 6.07) is 0. The molecule has 0 heterocycles. The molecule has 0 fully saturated rings. The van der Waals surface area contributed by atoms with Crippen molar-refractivity contribution in [1.29, 1.82) is 0 Å². The van der Waals surface area contributed by atoms with Crippen LogP contribution in [-0.2, 0) is 0 Å². The van der Waals surface area contributed by atoms with Crippen molar-refractivity contribution in [3.05, 3.63) is 0 Å². The second kappa shape index (κ2) is 6.59. The van der Waals surface area contributed by atoms with Gasteiger partial charge in [0, 0.05) is 13.0 Å². The molecule has 0 aliphatic rings. The van der Waals surface area contributed by atoms with Gasteiger partial charge in [-0.2, -0.15) is 0 Å². The van der Waals surface area contributed by atoms with E-state index in [1.165, 1.54) is 6.42 Å². The number of nitrogens with two attached hydrogens (primary N) is 1. The van der Waals surface area contributed by atoms with Crippen LogP contribution in [-0.4, -0.2) is 12.4 Å². The van der Waals surface area contributed by atoms with Gasteiger partial charge in [0.1, 0.15) is 0 Å². The monoisotopic (exact) mass is 142 g/mol. The fourth-order valence-electron chi connectivity index (χ4n) is 0.716. The molecule has 2 N–H and O–H groups in total. The minimum absolute atomic E-state index is 0.816. The lowest BCUT2D eigenvalue weighted by Crippen LogP contribution is -2.11. The molecule has 0 saturated heterocycles. The van der Waals surface area contributed by atoms with Crippen LogP contribution in [0.15, 0.2) is 4.99 Å². The minimum atomic E-state index is 0.816. The van der Waals surface area contributed by atoms with Gasteiger partial charge in [-0.25, -0.2) is 0 Å². The third kappa shape index (κ3) is 5.60. The lowest BCUT2D eigenvalue weighted by Gasteiger charge is -1.96. The molecule has 2 nitrogen and oxygen atoms in total. The maximum Gasteiger partial charge on any atom is 0.0936 e.